The van der Waals surface area contributed by atoms with Crippen molar-refractivity contribution in [2.75, 3.05) is 14.2 Å². The number of alkyl halides is 3. The Morgan fingerprint density at radius 2 is 1.62 bits per heavy atom. The molecule has 1 aromatic heterocycles. The van der Waals surface area contributed by atoms with E-state index in [1.807, 2.05) is 0 Å². The highest BCUT2D eigenvalue weighted by atomic mass is 19.4. The summed E-state index contributed by atoms with van der Waals surface area (Å²) < 4.78 is 51.1. The number of pyridine rings is 1. The van der Waals surface area contributed by atoms with E-state index in [1.54, 1.807) is 30.3 Å². The molecule has 3 aromatic rings. The third kappa shape index (κ3) is 2.87. The molecule has 0 saturated heterocycles. The van der Waals surface area contributed by atoms with Gasteiger partial charge in [-0.1, -0.05) is 30.3 Å². The minimum Gasteiger partial charge on any atom is -0.497 e. The second-order valence-electron chi connectivity index (χ2n) is 5.14. The van der Waals surface area contributed by atoms with E-state index in [-0.39, 0.29) is 22.3 Å². The van der Waals surface area contributed by atoms with E-state index in [4.69, 9.17) is 9.47 Å². The van der Waals surface area contributed by atoms with Crippen LogP contribution in [0.1, 0.15) is 5.56 Å². The summed E-state index contributed by atoms with van der Waals surface area (Å²) in [7, 11) is 2.76. The van der Waals surface area contributed by atoms with Crippen molar-refractivity contribution < 1.29 is 22.6 Å². The number of fused-ring (bicyclic) bond motifs is 1. The summed E-state index contributed by atoms with van der Waals surface area (Å²) >= 11 is 0. The number of rotatable bonds is 3. The van der Waals surface area contributed by atoms with Gasteiger partial charge in [0.1, 0.15) is 11.5 Å². The Balaban J connectivity index is 2.39. The van der Waals surface area contributed by atoms with Gasteiger partial charge in [-0.15, -0.1) is 0 Å². The Kier molecular flexibility index (Phi) is 4.05. The van der Waals surface area contributed by atoms with E-state index in [1.165, 1.54) is 26.4 Å². The molecule has 0 radical (unpaired) electrons. The molecule has 3 rings (SSSR count). The van der Waals surface area contributed by atoms with Crippen LogP contribution in [0.2, 0.25) is 0 Å². The molecule has 0 N–H and O–H groups in total. The predicted molar refractivity (Wildman–Crippen MR) is 85.3 cm³/mol. The molecule has 0 aliphatic heterocycles. The van der Waals surface area contributed by atoms with Crippen LogP contribution in [0.25, 0.3) is 22.2 Å². The maximum atomic E-state index is 13.6. The van der Waals surface area contributed by atoms with Crippen molar-refractivity contribution in [2.45, 2.75) is 6.18 Å². The lowest BCUT2D eigenvalue weighted by atomic mass is 10.0. The van der Waals surface area contributed by atoms with Crippen molar-refractivity contribution in [1.82, 2.24) is 4.98 Å². The average molecular weight is 333 g/mol. The molecule has 0 fully saturated rings. The zero-order valence-corrected chi connectivity index (χ0v) is 13.0. The Hall–Kier alpha value is -2.76. The zero-order chi connectivity index (χ0) is 17.3. The molecular formula is C18H14F3NO2. The van der Waals surface area contributed by atoms with Crippen molar-refractivity contribution in [3.05, 3.63) is 54.1 Å². The van der Waals surface area contributed by atoms with E-state index in [2.05, 4.69) is 4.98 Å². The molecule has 0 amide bonds. The lowest BCUT2D eigenvalue weighted by Crippen LogP contribution is -2.08. The minimum absolute atomic E-state index is 0.0730. The first-order valence-electron chi connectivity index (χ1n) is 7.13. The second-order valence-corrected chi connectivity index (χ2v) is 5.14. The largest absolute Gasteiger partial charge is 0.497 e. The average Bonchev–Trinajstić information content (AvgIpc) is 2.59. The molecule has 0 aliphatic carbocycles. The number of benzene rings is 2. The van der Waals surface area contributed by atoms with Gasteiger partial charge in [-0.3, -0.25) is 0 Å². The van der Waals surface area contributed by atoms with Crippen LogP contribution >= 0.6 is 0 Å². The molecule has 124 valence electrons. The lowest BCUT2D eigenvalue weighted by Gasteiger charge is -2.16. The number of halogens is 3. The molecule has 24 heavy (non-hydrogen) atoms. The Morgan fingerprint density at radius 1 is 0.917 bits per heavy atom. The van der Waals surface area contributed by atoms with Gasteiger partial charge in [-0.05, 0) is 6.07 Å². The van der Waals surface area contributed by atoms with Crippen molar-refractivity contribution in [1.29, 1.82) is 0 Å². The van der Waals surface area contributed by atoms with Gasteiger partial charge in [-0.25, -0.2) is 4.98 Å². The van der Waals surface area contributed by atoms with E-state index < -0.39 is 11.7 Å². The number of ether oxygens (including phenoxy) is 2. The standard InChI is InChI=1S/C18H14F3NO2/c1-23-12-8-15-17(16(9-12)24-2)13(18(19,20)21)10-14(22-15)11-6-4-3-5-7-11/h3-10H,1-2H3. The second kappa shape index (κ2) is 6.03. The molecule has 0 spiro atoms. The van der Waals surface area contributed by atoms with Gasteiger partial charge in [0.05, 0.1) is 36.4 Å². The summed E-state index contributed by atoms with van der Waals surface area (Å²) in [5, 5.41) is -0.0783. The van der Waals surface area contributed by atoms with Gasteiger partial charge in [0.2, 0.25) is 0 Å². The summed E-state index contributed by atoms with van der Waals surface area (Å²) in [6, 6.07) is 12.7. The molecular weight excluding hydrogens is 319 g/mol. The monoisotopic (exact) mass is 333 g/mol. The van der Waals surface area contributed by atoms with Gasteiger partial charge >= 0.3 is 6.18 Å². The normalized spacial score (nSPS) is 11.5. The van der Waals surface area contributed by atoms with Crippen LogP contribution in [0.4, 0.5) is 13.2 Å². The van der Waals surface area contributed by atoms with Crippen molar-refractivity contribution in [3.8, 4) is 22.8 Å². The molecule has 6 heteroatoms. The highest BCUT2D eigenvalue weighted by Crippen LogP contribution is 2.42. The number of nitrogens with zero attached hydrogens (tertiary/aromatic N) is 1. The number of hydrogen-bond donors (Lipinski definition) is 0. The van der Waals surface area contributed by atoms with Crippen LogP contribution in [-0.4, -0.2) is 19.2 Å². The predicted octanol–water partition coefficient (Wildman–Crippen LogP) is 4.94. The molecule has 0 bridgehead atoms. The van der Waals surface area contributed by atoms with Gasteiger partial charge in [0, 0.05) is 17.7 Å². The first-order chi connectivity index (χ1) is 11.4. The maximum absolute atomic E-state index is 13.6. The first kappa shape index (κ1) is 16.1. The fourth-order valence-corrected chi connectivity index (χ4v) is 2.57. The van der Waals surface area contributed by atoms with Crippen molar-refractivity contribution >= 4 is 10.9 Å². The van der Waals surface area contributed by atoms with E-state index in [0.29, 0.717) is 11.3 Å². The van der Waals surface area contributed by atoms with E-state index in [9.17, 15) is 13.2 Å². The highest BCUT2D eigenvalue weighted by molar-refractivity contribution is 5.92. The first-order valence-corrected chi connectivity index (χ1v) is 7.13. The summed E-state index contributed by atoms with van der Waals surface area (Å²) in [6.45, 7) is 0. The summed E-state index contributed by atoms with van der Waals surface area (Å²) in [6.07, 6.45) is -4.54. The van der Waals surface area contributed by atoms with Crippen LogP contribution in [0, 0.1) is 0 Å². The highest BCUT2D eigenvalue weighted by Gasteiger charge is 2.35. The van der Waals surface area contributed by atoms with Gasteiger partial charge < -0.3 is 9.47 Å². The topological polar surface area (TPSA) is 31.4 Å². The van der Waals surface area contributed by atoms with Crippen LogP contribution in [0.15, 0.2) is 48.5 Å². The van der Waals surface area contributed by atoms with Gasteiger partial charge in [-0.2, -0.15) is 13.2 Å². The quantitative estimate of drug-likeness (QED) is 0.680. The molecule has 0 unspecified atom stereocenters. The van der Waals surface area contributed by atoms with Crippen molar-refractivity contribution in [2.24, 2.45) is 0 Å². The van der Waals surface area contributed by atoms with Crippen LogP contribution in [-0.2, 0) is 6.18 Å². The summed E-state index contributed by atoms with van der Waals surface area (Å²) in [5.74, 6) is 0.453. The molecule has 1 heterocycles. The molecule has 0 atom stereocenters. The lowest BCUT2D eigenvalue weighted by molar-refractivity contribution is -0.136. The van der Waals surface area contributed by atoms with Crippen molar-refractivity contribution in [3.63, 3.8) is 0 Å². The number of aromatic nitrogens is 1. The van der Waals surface area contributed by atoms with Crippen LogP contribution in [0.3, 0.4) is 0 Å². The fraction of sp³-hybridized carbons (Fsp3) is 0.167. The molecule has 0 aliphatic rings. The summed E-state index contributed by atoms with van der Waals surface area (Å²) in [4.78, 5) is 4.38. The van der Waals surface area contributed by atoms with Gasteiger partial charge in [0.15, 0.2) is 0 Å². The number of methoxy groups -OCH3 is 2. The smallest absolute Gasteiger partial charge is 0.417 e. The Morgan fingerprint density at radius 3 is 2.21 bits per heavy atom. The molecule has 3 nitrogen and oxygen atoms in total. The third-order valence-electron chi connectivity index (χ3n) is 3.68. The fourth-order valence-electron chi connectivity index (χ4n) is 2.57. The molecule has 2 aromatic carbocycles. The van der Waals surface area contributed by atoms with E-state index >= 15 is 0 Å². The zero-order valence-electron chi connectivity index (χ0n) is 13.0. The third-order valence-corrected chi connectivity index (χ3v) is 3.68. The Labute approximate surface area is 136 Å². The summed E-state index contributed by atoms with van der Waals surface area (Å²) in [5.41, 5.74) is 0.225. The van der Waals surface area contributed by atoms with Gasteiger partial charge in [0.25, 0.3) is 0 Å². The van der Waals surface area contributed by atoms with Crippen LogP contribution < -0.4 is 9.47 Å². The number of hydrogen-bond acceptors (Lipinski definition) is 3. The SMILES string of the molecule is COc1cc(OC)c2c(C(F)(F)F)cc(-c3ccccc3)nc2c1. The Bertz CT molecular complexity index is 877. The van der Waals surface area contributed by atoms with Crippen LogP contribution in [0.5, 0.6) is 11.5 Å². The minimum atomic E-state index is -4.54. The van der Waals surface area contributed by atoms with E-state index in [0.717, 1.165) is 6.07 Å². The molecule has 0 saturated carbocycles. The maximum Gasteiger partial charge on any atom is 0.417 e.